The van der Waals surface area contributed by atoms with E-state index < -0.39 is 6.04 Å². The van der Waals surface area contributed by atoms with Gasteiger partial charge in [0.05, 0.1) is 12.3 Å². The van der Waals surface area contributed by atoms with Crippen molar-refractivity contribution in [2.24, 2.45) is 0 Å². The van der Waals surface area contributed by atoms with Gasteiger partial charge in [-0.1, -0.05) is 31.0 Å². The Morgan fingerprint density at radius 2 is 1.84 bits per heavy atom. The molecule has 1 amide bonds. The normalized spacial score (nSPS) is 19.1. The minimum absolute atomic E-state index is 0.122. The van der Waals surface area contributed by atoms with E-state index in [9.17, 15) is 9.18 Å². The molecule has 0 bridgehead atoms. The van der Waals surface area contributed by atoms with Crippen LogP contribution in [-0.4, -0.2) is 62.1 Å². The molecule has 31 heavy (non-hydrogen) atoms. The van der Waals surface area contributed by atoms with E-state index in [1.807, 2.05) is 10.7 Å². The highest BCUT2D eigenvalue weighted by Crippen LogP contribution is 2.35. The van der Waals surface area contributed by atoms with Crippen LogP contribution in [0.5, 0.6) is 0 Å². The number of nitrogens with zero attached hydrogens (tertiary/aromatic N) is 6. The summed E-state index contributed by atoms with van der Waals surface area (Å²) < 4.78 is 22.1. The van der Waals surface area contributed by atoms with E-state index in [4.69, 9.17) is 4.42 Å². The van der Waals surface area contributed by atoms with Crippen LogP contribution in [0.15, 0.2) is 47.1 Å². The van der Waals surface area contributed by atoms with Gasteiger partial charge in [-0.3, -0.25) is 9.69 Å². The van der Waals surface area contributed by atoms with Crippen molar-refractivity contribution >= 4 is 5.91 Å². The monoisotopic (exact) mass is 424 g/mol. The molecule has 3 heterocycles. The Labute approximate surface area is 179 Å². The molecule has 2 aliphatic rings. The lowest BCUT2D eigenvalue weighted by Gasteiger charge is -2.38. The van der Waals surface area contributed by atoms with Crippen molar-refractivity contribution in [1.29, 1.82) is 0 Å². The quantitative estimate of drug-likeness (QED) is 0.626. The molecular weight excluding hydrogens is 399 g/mol. The van der Waals surface area contributed by atoms with Crippen molar-refractivity contribution < 1.29 is 13.6 Å². The first-order chi connectivity index (χ1) is 15.2. The predicted molar refractivity (Wildman–Crippen MR) is 110 cm³/mol. The number of amides is 1. The molecule has 0 N–H and O–H groups in total. The second-order valence-corrected chi connectivity index (χ2v) is 8.15. The largest absolute Gasteiger partial charge is 0.459 e. The maximum Gasteiger partial charge on any atom is 0.289 e. The molecule has 9 heteroatoms. The second kappa shape index (κ2) is 8.58. The fourth-order valence-electron chi connectivity index (χ4n) is 4.72. The van der Waals surface area contributed by atoms with Crippen molar-refractivity contribution in [3.8, 4) is 0 Å². The van der Waals surface area contributed by atoms with Gasteiger partial charge in [-0.2, -0.15) is 0 Å². The zero-order valence-electron chi connectivity index (χ0n) is 17.2. The fraction of sp³-hybridized carbons (Fsp3) is 0.455. The molecule has 5 rings (SSSR count). The number of halogens is 1. The number of benzene rings is 1. The van der Waals surface area contributed by atoms with Gasteiger partial charge in [0, 0.05) is 31.7 Å². The van der Waals surface area contributed by atoms with Crippen molar-refractivity contribution in [2.45, 2.75) is 37.8 Å². The highest BCUT2D eigenvalue weighted by molar-refractivity contribution is 5.91. The number of furan rings is 1. The lowest BCUT2D eigenvalue weighted by atomic mass is 10.0. The molecular formula is C22H25FN6O2. The van der Waals surface area contributed by atoms with Crippen LogP contribution in [0.25, 0.3) is 0 Å². The summed E-state index contributed by atoms with van der Waals surface area (Å²) in [5.41, 5.74) is 0.558. The number of hydrogen-bond acceptors (Lipinski definition) is 6. The number of rotatable bonds is 5. The number of carbonyl (C=O) groups excluding carboxylic acids is 1. The van der Waals surface area contributed by atoms with Crippen LogP contribution < -0.4 is 0 Å². The molecule has 2 aromatic heterocycles. The van der Waals surface area contributed by atoms with Crippen LogP contribution in [0.3, 0.4) is 0 Å². The molecule has 162 valence electrons. The van der Waals surface area contributed by atoms with Crippen molar-refractivity contribution in [3.63, 3.8) is 0 Å². The molecule has 3 aromatic rings. The Morgan fingerprint density at radius 1 is 1.06 bits per heavy atom. The molecule has 0 radical (unpaired) electrons. The van der Waals surface area contributed by atoms with Crippen molar-refractivity contribution in [2.75, 3.05) is 26.2 Å². The molecule has 8 nitrogen and oxygen atoms in total. The average Bonchev–Trinajstić information content (AvgIpc) is 3.57. The minimum Gasteiger partial charge on any atom is -0.459 e. The Kier molecular flexibility index (Phi) is 5.50. The summed E-state index contributed by atoms with van der Waals surface area (Å²) in [7, 11) is 0. The van der Waals surface area contributed by atoms with E-state index in [1.165, 1.54) is 12.3 Å². The van der Waals surface area contributed by atoms with Crippen LogP contribution in [0.1, 0.15) is 59.7 Å². The summed E-state index contributed by atoms with van der Waals surface area (Å²) in [6.45, 7) is 2.22. The molecule has 1 saturated heterocycles. The topological polar surface area (TPSA) is 80.3 Å². The maximum absolute atomic E-state index is 14.9. The third-order valence-electron chi connectivity index (χ3n) is 6.33. The first-order valence-electron chi connectivity index (χ1n) is 10.8. The van der Waals surface area contributed by atoms with Crippen LogP contribution in [0, 0.1) is 5.82 Å². The fourth-order valence-corrected chi connectivity index (χ4v) is 4.72. The van der Waals surface area contributed by atoms with Crippen LogP contribution in [0.2, 0.25) is 0 Å². The Balaban J connectivity index is 1.42. The minimum atomic E-state index is -0.405. The highest BCUT2D eigenvalue weighted by Gasteiger charge is 2.35. The summed E-state index contributed by atoms with van der Waals surface area (Å²) >= 11 is 0. The predicted octanol–water partition coefficient (Wildman–Crippen LogP) is 3.07. The van der Waals surface area contributed by atoms with E-state index in [-0.39, 0.29) is 17.8 Å². The van der Waals surface area contributed by atoms with Crippen molar-refractivity contribution in [1.82, 2.24) is 30.0 Å². The third-order valence-corrected chi connectivity index (χ3v) is 6.33. The van der Waals surface area contributed by atoms with Crippen LogP contribution in [-0.2, 0) is 0 Å². The van der Waals surface area contributed by atoms with Gasteiger partial charge in [0.15, 0.2) is 11.6 Å². The van der Waals surface area contributed by atoms with E-state index in [2.05, 4.69) is 20.4 Å². The number of piperazine rings is 1. The Hall–Kier alpha value is -3.07. The van der Waals surface area contributed by atoms with Gasteiger partial charge >= 0.3 is 0 Å². The van der Waals surface area contributed by atoms with Gasteiger partial charge < -0.3 is 9.32 Å². The lowest BCUT2D eigenvalue weighted by molar-refractivity contribution is 0.0555. The van der Waals surface area contributed by atoms with Gasteiger partial charge in [0.2, 0.25) is 0 Å². The molecule has 1 atom stereocenters. The van der Waals surface area contributed by atoms with E-state index in [0.717, 1.165) is 25.7 Å². The van der Waals surface area contributed by atoms with Gasteiger partial charge in [-0.25, -0.2) is 9.07 Å². The molecule has 2 fully saturated rings. The van der Waals surface area contributed by atoms with Gasteiger partial charge in [0.1, 0.15) is 11.9 Å². The number of aromatic nitrogens is 4. The van der Waals surface area contributed by atoms with Gasteiger partial charge in [-0.05, 0) is 41.5 Å². The maximum atomic E-state index is 14.9. The van der Waals surface area contributed by atoms with Gasteiger partial charge in [-0.15, -0.1) is 5.10 Å². The Bertz CT molecular complexity index is 1020. The number of hydrogen-bond donors (Lipinski definition) is 0. The van der Waals surface area contributed by atoms with Crippen LogP contribution >= 0.6 is 0 Å². The summed E-state index contributed by atoms with van der Waals surface area (Å²) in [6.07, 6.45) is 5.88. The standard InChI is InChI=1S/C22H25FN6O2/c23-18-9-4-3-8-17(18)20(21-24-25-26-29(21)16-6-1-2-7-16)27-11-13-28(14-12-27)22(30)19-10-5-15-31-19/h3-5,8-10,15-16,20H,1-2,6-7,11-14H2/t20-/m0/s1. The van der Waals surface area contributed by atoms with E-state index >= 15 is 0 Å². The third kappa shape index (κ3) is 3.85. The highest BCUT2D eigenvalue weighted by atomic mass is 19.1. The molecule has 1 saturated carbocycles. The van der Waals surface area contributed by atoms with Gasteiger partial charge in [0.25, 0.3) is 5.91 Å². The molecule has 0 spiro atoms. The number of tetrazole rings is 1. The zero-order chi connectivity index (χ0) is 21.2. The Morgan fingerprint density at radius 3 is 2.55 bits per heavy atom. The first kappa shape index (κ1) is 19.9. The van der Waals surface area contributed by atoms with E-state index in [1.54, 1.807) is 29.2 Å². The smallest absolute Gasteiger partial charge is 0.289 e. The molecule has 0 unspecified atom stereocenters. The summed E-state index contributed by atoms with van der Waals surface area (Å²) in [5.74, 6) is 0.609. The van der Waals surface area contributed by atoms with E-state index in [0.29, 0.717) is 43.3 Å². The SMILES string of the molecule is O=C(c1ccco1)N1CCN([C@@H](c2ccccc2F)c2nnnn2C2CCCC2)CC1. The zero-order valence-corrected chi connectivity index (χ0v) is 17.2. The molecule has 1 aliphatic heterocycles. The molecule has 1 aromatic carbocycles. The first-order valence-corrected chi connectivity index (χ1v) is 10.8. The number of carbonyl (C=O) groups is 1. The van der Waals surface area contributed by atoms with Crippen LogP contribution in [0.4, 0.5) is 4.39 Å². The summed E-state index contributed by atoms with van der Waals surface area (Å²) in [6, 6.07) is 10.0. The average molecular weight is 424 g/mol. The summed E-state index contributed by atoms with van der Waals surface area (Å²) in [4.78, 5) is 16.6. The van der Waals surface area contributed by atoms with Crippen molar-refractivity contribution in [3.05, 3.63) is 65.6 Å². The second-order valence-electron chi connectivity index (χ2n) is 8.15. The lowest BCUT2D eigenvalue weighted by Crippen LogP contribution is -2.50. The molecule has 1 aliphatic carbocycles. The summed E-state index contributed by atoms with van der Waals surface area (Å²) in [5, 5.41) is 12.6.